The molecule has 1 N–H and O–H groups in total. The highest BCUT2D eigenvalue weighted by molar-refractivity contribution is 6.07. The highest BCUT2D eigenvalue weighted by Crippen LogP contribution is 2.26. The number of fused-ring (bicyclic) bond motifs is 4. The second-order valence-corrected chi connectivity index (χ2v) is 4.16. The zero-order valence-corrected chi connectivity index (χ0v) is 9.07. The predicted molar refractivity (Wildman–Crippen MR) is 71.1 cm³/mol. The number of aromatic amines is 1. The molecule has 0 amide bonds. The first-order valence-electron chi connectivity index (χ1n) is 6.10. The minimum Gasteiger partial charge on any atom is -0.353 e. The number of nitrogens with one attached hydrogen (secondary N) is 1. The molecule has 17 heavy (non-hydrogen) atoms. The van der Waals surface area contributed by atoms with Crippen molar-refractivity contribution in [3.8, 4) is 0 Å². The quantitative estimate of drug-likeness (QED) is 0.478. The molecule has 4 aromatic rings. The number of rotatable bonds is 0. The standard InChI is InChI=1S/C15H10N2/c1-3-7-12-10(5-1)9-14-15(17-12)11-6-2-4-8-13(11)16-14/h1-9,16H/i5D. The van der Waals surface area contributed by atoms with Crippen LogP contribution < -0.4 is 0 Å². The summed E-state index contributed by atoms with van der Waals surface area (Å²) in [5, 5.41) is 2.02. The fourth-order valence-electron chi connectivity index (χ4n) is 2.29. The van der Waals surface area contributed by atoms with Gasteiger partial charge in [0.05, 0.1) is 17.9 Å². The van der Waals surface area contributed by atoms with Crippen molar-refractivity contribution in [2.75, 3.05) is 0 Å². The van der Waals surface area contributed by atoms with Crippen LogP contribution in [0.4, 0.5) is 0 Å². The number of pyridine rings is 1. The van der Waals surface area contributed by atoms with Gasteiger partial charge in [-0.3, -0.25) is 0 Å². The summed E-state index contributed by atoms with van der Waals surface area (Å²) in [7, 11) is 0. The zero-order chi connectivity index (χ0) is 12.1. The summed E-state index contributed by atoms with van der Waals surface area (Å²) in [4.78, 5) is 8.03. The van der Waals surface area contributed by atoms with E-state index in [9.17, 15) is 0 Å². The van der Waals surface area contributed by atoms with Gasteiger partial charge in [0.15, 0.2) is 0 Å². The maximum atomic E-state index is 7.92. The molecule has 0 spiro atoms. The van der Waals surface area contributed by atoms with E-state index in [0.29, 0.717) is 6.04 Å². The number of aromatic nitrogens is 2. The normalized spacial score (nSPS) is 12.4. The van der Waals surface area contributed by atoms with Crippen molar-refractivity contribution in [3.05, 3.63) is 54.6 Å². The number of H-pyrrole nitrogens is 1. The smallest absolute Gasteiger partial charge is 0.0965 e. The summed E-state index contributed by atoms with van der Waals surface area (Å²) < 4.78 is 7.92. The minimum atomic E-state index is 0.514. The molecule has 0 saturated heterocycles. The average molecular weight is 219 g/mol. The van der Waals surface area contributed by atoms with Crippen molar-refractivity contribution >= 4 is 32.8 Å². The van der Waals surface area contributed by atoms with Crippen molar-refractivity contribution in [3.63, 3.8) is 0 Å². The summed E-state index contributed by atoms with van der Waals surface area (Å²) in [6, 6.07) is 16.3. The molecule has 4 rings (SSSR count). The Hall–Kier alpha value is -2.35. The molecule has 0 bridgehead atoms. The van der Waals surface area contributed by atoms with Crippen LogP contribution in [0, 0.1) is 0 Å². The fourth-order valence-corrected chi connectivity index (χ4v) is 2.29. The molecule has 2 heteroatoms. The number of hydrogen-bond acceptors (Lipinski definition) is 1. The van der Waals surface area contributed by atoms with Crippen molar-refractivity contribution in [2.24, 2.45) is 0 Å². The van der Waals surface area contributed by atoms with E-state index >= 15 is 0 Å². The SMILES string of the molecule is [2H]c1cccc2nc3c(cc12)[nH]c1ccccc13. The first-order chi connectivity index (χ1) is 8.83. The summed E-state index contributed by atoms with van der Waals surface area (Å²) in [6.07, 6.45) is 0. The van der Waals surface area contributed by atoms with Gasteiger partial charge >= 0.3 is 0 Å². The molecule has 0 radical (unpaired) electrons. The van der Waals surface area contributed by atoms with E-state index < -0.39 is 0 Å². The van der Waals surface area contributed by atoms with E-state index in [1.54, 1.807) is 6.07 Å². The molecule has 0 saturated carbocycles. The molecule has 0 atom stereocenters. The third-order valence-corrected chi connectivity index (χ3v) is 3.09. The molecule has 2 heterocycles. The Morgan fingerprint density at radius 3 is 2.88 bits per heavy atom. The Bertz CT molecular complexity index is 893. The number of benzene rings is 2. The number of nitrogens with zero attached hydrogens (tertiary/aromatic N) is 1. The Morgan fingerprint density at radius 2 is 1.88 bits per heavy atom. The first-order valence-corrected chi connectivity index (χ1v) is 5.60. The number of para-hydroxylation sites is 2. The summed E-state index contributed by atoms with van der Waals surface area (Å²) in [5.74, 6) is 0. The summed E-state index contributed by atoms with van der Waals surface area (Å²) in [6.45, 7) is 0. The highest BCUT2D eigenvalue weighted by Gasteiger charge is 2.05. The maximum absolute atomic E-state index is 7.92. The van der Waals surface area contributed by atoms with Gasteiger partial charge in [0.1, 0.15) is 0 Å². The third kappa shape index (κ3) is 1.18. The Kier molecular flexibility index (Phi) is 1.42. The van der Waals surface area contributed by atoms with Gasteiger partial charge in [-0.15, -0.1) is 0 Å². The molecule has 0 aliphatic rings. The average Bonchev–Trinajstić information content (AvgIpc) is 2.75. The van der Waals surface area contributed by atoms with Crippen molar-refractivity contribution in [2.45, 2.75) is 0 Å². The minimum absolute atomic E-state index is 0.514. The van der Waals surface area contributed by atoms with Crippen LogP contribution >= 0.6 is 0 Å². The van der Waals surface area contributed by atoms with E-state index in [-0.39, 0.29) is 0 Å². The highest BCUT2D eigenvalue weighted by atomic mass is 14.8. The van der Waals surface area contributed by atoms with E-state index in [0.717, 1.165) is 32.8 Å². The van der Waals surface area contributed by atoms with Crippen LogP contribution in [0.1, 0.15) is 1.37 Å². The predicted octanol–water partition coefficient (Wildman–Crippen LogP) is 3.87. The molecule has 0 aliphatic heterocycles. The van der Waals surface area contributed by atoms with Crippen molar-refractivity contribution < 1.29 is 1.37 Å². The molecule has 2 aromatic heterocycles. The molecule has 80 valence electrons. The van der Waals surface area contributed by atoms with Gasteiger partial charge in [-0.25, -0.2) is 4.98 Å². The first kappa shape index (κ1) is 7.85. The van der Waals surface area contributed by atoms with Crippen LogP contribution in [0.25, 0.3) is 32.8 Å². The lowest BCUT2D eigenvalue weighted by molar-refractivity contribution is 1.49. The van der Waals surface area contributed by atoms with Gasteiger partial charge in [-0.05, 0) is 18.2 Å². The van der Waals surface area contributed by atoms with Gasteiger partial charge in [-0.1, -0.05) is 36.4 Å². The largest absolute Gasteiger partial charge is 0.353 e. The van der Waals surface area contributed by atoms with Gasteiger partial charge in [0.2, 0.25) is 0 Å². The molecular weight excluding hydrogens is 208 g/mol. The Labute approximate surface area is 99.3 Å². The summed E-state index contributed by atoms with van der Waals surface area (Å²) >= 11 is 0. The lowest BCUT2D eigenvalue weighted by atomic mass is 10.2. The lowest BCUT2D eigenvalue weighted by Crippen LogP contribution is -1.79. The third-order valence-electron chi connectivity index (χ3n) is 3.09. The fraction of sp³-hybridized carbons (Fsp3) is 0. The Balaban J connectivity index is 2.27. The van der Waals surface area contributed by atoms with Crippen molar-refractivity contribution in [1.29, 1.82) is 0 Å². The van der Waals surface area contributed by atoms with Gasteiger partial charge in [-0.2, -0.15) is 0 Å². The lowest BCUT2D eigenvalue weighted by Gasteiger charge is -1.96. The summed E-state index contributed by atoms with van der Waals surface area (Å²) in [5.41, 5.74) is 3.92. The van der Waals surface area contributed by atoms with Crippen LogP contribution in [-0.2, 0) is 0 Å². The monoisotopic (exact) mass is 219 g/mol. The van der Waals surface area contributed by atoms with E-state index in [1.165, 1.54) is 0 Å². The molecule has 0 aliphatic carbocycles. The van der Waals surface area contributed by atoms with Crippen LogP contribution in [0.3, 0.4) is 0 Å². The van der Waals surface area contributed by atoms with Gasteiger partial charge < -0.3 is 4.98 Å². The van der Waals surface area contributed by atoms with E-state index in [1.807, 2.05) is 36.4 Å². The van der Waals surface area contributed by atoms with E-state index in [4.69, 9.17) is 1.37 Å². The van der Waals surface area contributed by atoms with Crippen LogP contribution in [0.2, 0.25) is 0 Å². The topological polar surface area (TPSA) is 28.7 Å². The molecule has 2 aromatic carbocycles. The number of hydrogen-bond donors (Lipinski definition) is 1. The van der Waals surface area contributed by atoms with Gasteiger partial charge in [0, 0.05) is 16.3 Å². The zero-order valence-electron chi connectivity index (χ0n) is 10.1. The molecule has 2 nitrogen and oxygen atoms in total. The second-order valence-electron chi connectivity index (χ2n) is 4.16. The second kappa shape index (κ2) is 3.08. The van der Waals surface area contributed by atoms with Crippen LogP contribution in [-0.4, -0.2) is 9.97 Å². The Morgan fingerprint density at radius 1 is 1.00 bits per heavy atom. The molecular formula is C15H10N2. The molecule has 0 fully saturated rings. The molecule has 0 unspecified atom stereocenters. The van der Waals surface area contributed by atoms with Crippen molar-refractivity contribution in [1.82, 2.24) is 9.97 Å². The van der Waals surface area contributed by atoms with Crippen LogP contribution in [0.15, 0.2) is 54.6 Å². The van der Waals surface area contributed by atoms with Gasteiger partial charge in [0.25, 0.3) is 0 Å². The van der Waals surface area contributed by atoms with E-state index in [2.05, 4.69) is 16.0 Å². The van der Waals surface area contributed by atoms with Crippen LogP contribution in [0.5, 0.6) is 0 Å². The maximum Gasteiger partial charge on any atom is 0.0965 e.